The molecule has 0 saturated heterocycles. The van der Waals surface area contributed by atoms with Crippen molar-refractivity contribution >= 4 is 57.2 Å². The number of hydrogen-bond donors (Lipinski definition) is 0. The number of rotatable bonds is 2. The molecule has 0 saturated carbocycles. The Morgan fingerprint density at radius 3 is 1.34 bits per heavy atom. The van der Waals surface area contributed by atoms with E-state index in [2.05, 4.69) is 239 Å². The van der Waals surface area contributed by atoms with E-state index < -0.39 is 0 Å². The molecule has 74 heavy (non-hydrogen) atoms. The molecule has 2 nitrogen and oxygen atoms in total. The summed E-state index contributed by atoms with van der Waals surface area (Å²) in [5, 5.41) is 0. The number of benzene rings is 6. The Morgan fingerprint density at radius 1 is 0.392 bits per heavy atom. The van der Waals surface area contributed by atoms with Crippen LogP contribution in [-0.2, 0) is 48.7 Å². The first-order chi connectivity index (χ1) is 34.2. The Morgan fingerprint density at radius 2 is 0.838 bits per heavy atom. The Labute approximate surface area is 448 Å². The van der Waals surface area contributed by atoms with Crippen molar-refractivity contribution in [2.45, 2.75) is 226 Å². The van der Waals surface area contributed by atoms with Crippen LogP contribution in [0.4, 0.5) is 34.1 Å². The molecule has 0 radical (unpaired) electrons. The fourth-order valence-electron chi connectivity index (χ4n) is 15.5. The maximum atomic E-state index is 2.81. The van der Waals surface area contributed by atoms with E-state index in [9.17, 15) is 0 Å². The van der Waals surface area contributed by atoms with Crippen LogP contribution in [0.2, 0.25) is 0 Å². The van der Waals surface area contributed by atoms with Crippen LogP contribution >= 0.6 is 0 Å². The quantitative estimate of drug-likeness (QED) is 0.159. The van der Waals surface area contributed by atoms with Gasteiger partial charge in [-0.15, -0.1) is 0 Å². The van der Waals surface area contributed by atoms with E-state index in [1.54, 1.807) is 0 Å². The average molecular weight is 979 g/mol. The molecule has 0 unspecified atom stereocenters. The Balaban J connectivity index is 1.27. The fraction of sp³-hybridized carbons (Fsp3) is 0.493. The molecule has 0 atom stereocenters. The van der Waals surface area contributed by atoms with Gasteiger partial charge in [0.1, 0.15) is 0 Å². The molecular weight excluding hydrogens is 892 g/mol. The van der Waals surface area contributed by atoms with Crippen LogP contribution in [0.15, 0.2) is 91.0 Å². The van der Waals surface area contributed by atoms with Gasteiger partial charge in [-0.05, 0) is 202 Å². The molecule has 0 aromatic heterocycles. The van der Waals surface area contributed by atoms with E-state index in [0.717, 1.165) is 0 Å². The predicted molar refractivity (Wildman–Crippen MR) is 321 cm³/mol. The van der Waals surface area contributed by atoms with Gasteiger partial charge in [0.15, 0.2) is 0 Å². The minimum atomic E-state index is -0.176. The van der Waals surface area contributed by atoms with E-state index in [0.29, 0.717) is 0 Å². The highest BCUT2D eigenvalue weighted by Crippen LogP contribution is 2.60. The summed E-state index contributed by atoms with van der Waals surface area (Å²) >= 11 is 0. The maximum absolute atomic E-state index is 2.81. The Hall–Kier alpha value is -5.02. The highest BCUT2D eigenvalue weighted by Gasteiger charge is 2.51. The van der Waals surface area contributed by atoms with E-state index in [1.807, 2.05) is 0 Å². The van der Waals surface area contributed by atoms with Gasteiger partial charge in [0, 0.05) is 39.4 Å². The van der Waals surface area contributed by atoms with Gasteiger partial charge in [-0.2, -0.15) is 0 Å². The first-order valence-electron chi connectivity index (χ1n) is 28.8. The summed E-state index contributed by atoms with van der Waals surface area (Å²) in [6.45, 7) is 49.6. The number of anilines is 6. The van der Waals surface area contributed by atoms with Gasteiger partial charge < -0.3 is 9.80 Å². The predicted octanol–water partition coefficient (Wildman–Crippen LogP) is 17.7. The lowest BCUT2D eigenvalue weighted by molar-refractivity contribution is 0.332. The molecular formula is C71H87BN2. The van der Waals surface area contributed by atoms with Crippen LogP contribution in [0.25, 0.3) is 11.1 Å². The van der Waals surface area contributed by atoms with Crippen molar-refractivity contribution in [2.24, 2.45) is 0 Å². The first kappa shape index (κ1) is 49.8. The fourth-order valence-corrected chi connectivity index (χ4v) is 15.5. The molecule has 0 spiro atoms. The van der Waals surface area contributed by atoms with Crippen LogP contribution in [0.5, 0.6) is 0 Å². The van der Waals surface area contributed by atoms with Crippen molar-refractivity contribution in [1.82, 2.24) is 0 Å². The Kier molecular flexibility index (Phi) is 10.2. The third-order valence-corrected chi connectivity index (χ3v) is 20.7. The molecule has 6 aromatic rings. The molecule has 6 aromatic carbocycles. The number of fused-ring (bicyclic) bond motifs is 10. The van der Waals surface area contributed by atoms with Crippen LogP contribution in [0.1, 0.15) is 233 Å². The smallest absolute Gasteiger partial charge is 0.252 e. The van der Waals surface area contributed by atoms with Gasteiger partial charge in [0.05, 0.1) is 5.69 Å². The zero-order chi connectivity index (χ0) is 53.2. The third-order valence-electron chi connectivity index (χ3n) is 20.7. The summed E-state index contributed by atoms with van der Waals surface area (Å²) in [6, 6.07) is 38.3. The van der Waals surface area contributed by atoms with E-state index >= 15 is 0 Å². The van der Waals surface area contributed by atoms with Gasteiger partial charge >= 0.3 is 0 Å². The third kappa shape index (κ3) is 6.94. The summed E-state index contributed by atoms with van der Waals surface area (Å²) < 4.78 is 0. The van der Waals surface area contributed by atoms with Crippen molar-refractivity contribution in [2.75, 3.05) is 9.80 Å². The largest absolute Gasteiger partial charge is 0.311 e. The van der Waals surface area contributed by atoms with Crippen LogP contribution in [-0.4, -0.2) is 6.71 Å². The second-order valence-corrected chi connectivity index (χ2v) is 31.0. The molecule has 0 N–H and O–H groups in total. The second kappa shape index (κ2) is 15.1. The van der Waals surface area contributed by atoms with E-state index in [-0.39, 0.29) is 55.4 Å². The summed E-state index contributed by atoms with van der Waals surface area (Å²) in [4.78, 5) is 5.59. The average Bonchev–Trinajstić information content (AvgIpc) is 3.55. The monoisotopic (exact) mass is 979 g/mol. The zero-order valence-electron chi connectivity index (χ0n) is 49.4. The van der Waals surface area contributed by atoms with Crippen molar-refractivity contribution < 1.29 is 0 Å². The minimum Gasteiger partial charge on any atom is -0.311 e. The SMILES string of the molecule is CC(C)(C)c1cc2c3c(c1)N(c1ccc(C(C)(C)C)c4c1-c1ccccc1C4(C)C)c1cc4c(cc1B3c1cc3c(cc1N2c1ccc2c(c1)C(C)(C)CCC2(C)C)C(C)(C)CCC3(C)C)C(C)(C)CCC4(C)C. The van der Waals surface area contributed by atoms with Gasteiger partial charge in [0.25, 0.3) is 6.71 Å². The standard InChI is InChI=1S/C71H87BN2/c1-63(2,3)42-35-58-62-59(36-42)74(55-28-27-47(64(4,5)6)61-60(55)44-23-21-22-24-45(44)71(61,19)20)57-41-52-50(68(13,14)32-34-70(52,17)18)39-54(57)72(62)53-38-49-51(69(15,16)33-31-67(49,11)12)40-56(53)73(58)43-25-26-46-48(37-43)66(9,10)30-29-65(46,7)8/h21-28,35-41H,29-34H2,1-20H3. The van der Waals surface area contributed by atoms with Gasteiger partial charge in [-0.3, -0.25) is 0 Å². The van der Waals surface area contributed by atoms with Gasteiger partial charge in [-0.25, -0.2) is 0 Å². The lowest BCUT2D eigenvalue weighted by Gasteiger charge is -2.49. The molecule has 4 aliphatic carbocycles. The highest BCUT2D eigenvalue weighted by molar-refractivity contribution is 7.00. The van der Waals surface area contributed by atoms with Crippen molar-refractivity contribution in [3.05, 3.63) is 147 Å². The lowest BCUT2D eigenvalue weighted by atomic mass is 9.32. The van der Waals surface area contributed by atoms with Crippen LogP contribution < -0.4 is 26.2 Å². The van der Waals surface area contributed by atoms with Crippen LogP contribution in [0.3, 0.4) is 0 Å². The molecule has 0 fully saturated rings. The topological polar surface area (TPSA) is 6.48 Å². The van der Waals surface area contributed by atoms with E-state index in [4.69, 9.17) is 0 Å². The lowest BCUT2D eigenvalue weighted by Crippen LogP contribution is -2.62. The highest BCUT2D eigenvalue weighted by atomic mass is 15.2. The van der Waals surface area contributed by atoms with Crippen LogP contribution in [0, 0.1) is 0 Å². The molecule has 0 amide bonds. The maximum Gasteiger partial charge on any atom is 0.252 e. The summed E-state index contributed by atoms with van der Waals surface area (Å²) in [6.07, 6.45) is 7.10. The molecule has 12 rings (SSSR count). The summed E-state index contributed by atoms with van der Waals surface area (Å²) in [5.74, 6) is 0. The van der Waals surface area contributed by atoms with Gasteiger partial charge in [-0.1, -0.05) is 187 Å². The Bertz CT molecular complexity index is 3410. The normalized spacial score (nSPS) is 21.3. The number of hydrogen-bond acceptors (Lipinski definition) is 2. The van der Waals surface area contributed by atoms with Crippen molar-refractivity contribution in [3.63, 3.8) is 0 Å². The molecule has 0 bridgehead atoms. The minimum absolute atomic E-state index is 0.0294. The number of nitrogens with zero attached hydrogens (tertiary/aromatic N) is 2. The molecule has 6 aliphatic rings. The van der Waals surface area contributed by atoms with E-state index in [1.165, 1.54) is 156 Å². The zero-order valence-corrected chi connectivity index (χ0v) is 49.4. The molecule has 2 aliphatic heterocycles. The van der Waals surface area contributed by atoms with Gasteiger partial charge in [0.2, 0.25) is 0 Å². The second-order valence-electron chi connectivity index (χ2n) is 31.0. The van der Waals surface area contributed by atoms with Crippen molar-refractivity contribution in [3.8, 4) is 11.1 Å². The first-order valence-corrected chi connectivity index (χ1v) is 28.8. The summed E-state index contributed by atoms with van der Waals surface area (Å²) in [5.41, 5.74) is 29.9. The van der Waals surface area contributed by atoms with Crippen molar-refractivity contribution in [1.29, 1.82) is 0 Å². The summed E-state index contributed by atoms with van der Waals surface area (Å²) in [7, 11) is 0. The molecule has 2 heterocycles. The molecule has 3 heteroatoms. The molecule has 384 valence electrons.